The van der Waals surface area contributed by atoms with E-state index in [0.717, 1.165) is 5.69 Å². The Hall–Kier alpha value is -0.890. The van der Waals surface area contributed by atoms with Crippen molar-refractivity contribution in [1.29, 1.82) is 0 Å². The summed E-state index contributed by atoms with van der Waals surface area (Å²) in [6.07, 6.45) is 1.87. The number of hydrogen-bond donors (Lipinski definition) is 1. The quantitative estimate of drug-likeness (QED) is 0.768. The number of pyridine rings is 1. The van der Waals surface area contributed by atoms with Crippen LogP contribution in [0.2, 0.25) is 0 Å². The highest BCUT2D eigenvalue weighted by atomic mass is 14.9. The van der Waals surface area contributed by atoms with E-state index < -0.39 is 0 Å². The van der Waals surface area contributed by atoms with Gasteiger partial charge in [0.25, 0.3) is 0 Å². The molecule has 13 heavy (non-hydrogen) atoms. The van der Waals surface area contributed by atoms with Crippen molar-refractivity contribution >= 4 is 0 Å². The highest BCUT2D eigenvalue weighted by Gasteiger charge is 2.14. The molecule has 0 spiro atoms. The lowest BCUT2D eigenvalue weighted by atomic mass is 10.00. The van der Waals surface area contributed by atoms with Gasteiger partial charge in [0.1, 0.15) is 0 Å². The van der Waals surface area contributed by atoms with Gasteiger partial charge in [-0.25, -0.2) is 0 Å². The Kier molecular flexibility index (Phi) is 3.43. The Morgan fingerprint density at radius 2 is 2.08 bits per heavy atom. The van der Waals surface area contributed by atoms with Gasteiger partial charge in [0.2, 0.25) is 0 Å². The first kappa shape index (κ1) is 10.2. The molecule has 0 bridgehead atoms. The van der Waals surface area contributed by atoms with Crippen LogP contribution >= 0.6 is 0 Å². The fraction of sp³-hybridized carbons (Fsp3) is 0.545. The summed E-state index contributed by atoms with van der Waals surface area (Å²) in [4.78, 5) is 4.37. The van der Waals surface area contributed by atoms with Crippen LogP contribution in [0.4, 0.5) is 0 Å². The fourth-order valence-electron chi connectivity index (χ4n) is 1.55. The molecule has 2 nitrogen and oxygen atoms in total. The predicted octanol–water partition coefficient (Wildman–Crippen LogP) is 2.31. The van der Waals surface area contributed by atoms with Gasteiger partial charge in [0.05, 0.1) is 11.7 Å². The number of rotatable bonds is 3. The number of nitrogens with zero attached hydrogens (tertiary/aromatic N) is 1. The van der Waals surface area contributed by atoms with Crippen LogP contribution in [0.15, 0.2) is 18.3 Å². The van der Waals surface area contributed by atoms with E-state index in [4.69, 9.17) is 0 Å². The van der Waals surface area contributed by atoms with Gasteiger partial charge in [-0.1, -0.05) is 13.8 Å². The first-order chi connectivity index (χ1) is 6.15. The van der Waals surface area contributed by atoms with E-state index in [0.29, 0.717) is 12.0 Å². The van der Waals surface area contributed by atoms with Crippen LogP contribution in [0.1, 0.15) is 31.1 Å². The molecule has 1 unspecified atom stereocenters. The van der Waals surface area contributed by atoms with Crippen LogP contribution < -0.4 is 5.32 Å². The molecule has 1 heterocycles. The molecule has 1 N–H and O–H groups in total. The molecular formula is C11H18N2. The number of nitrogens with one attached hydrogen (secondary N) is 1. The number of aryl methyl sites for hydroxylation is 1. The second-order valence-electron chi connectivity index (χ2n) is 3.77. The summed E-state index contributed by atoms with van der Waals surface area (Å²) >= 11 is 0. The Bertz CT molecular complexity index is 269. The molecule has 0 aromatic carbocycles. The Morgan fingerprint density at radius 1 is 1.38 bits per heavy atom. The lowest BCUT2D eigenvalue weighted by Crippen LogP contribution is -2.22. The van der Waals surface area contributed by atoms with Crippen molar-refractivity contribution in [2.45, 2.75) is 26.8 Å². The molecule has 0 radical (unpaired) electrons. The van der Waals surface area contributed by atoms with E-state index >= 15 is 0 Å². The highest BCUT2D eigenvalue weighted by molar-refractivity contribution is 5.17. The minimum Gasteiger partial charge on any atom is -0.311 e. The maximum Gasteiger partial charge on any atom is 0.0578 e. The van der Waals surface area contributed by atoms with Crippen molar-refractivity contribution in [3.8, 4) is 0 Å². The van der Waals surface area contributed by atoms with Gasteiger partial charge >= 0.3 is 0 Å². The molecule has 0 saturated carbocycles. The second-order valence-corrected chi connectivity index (χ2v) is 3.77. The third-order valence-corrected chi connectivity index (χ3v) is 2.23. The van der Waals surface area contributed by atoms with Crippen LogP contribution in [0.3, 0.4) is 0 Å². The summed E-state index contributed by atoms with van der Waals surface area (Å²) in [5, 5.41) is 3.28. The average Bonchev–Trinajstić information content (AvgIpc) is 2.04. The predicted molar refractivity (Wildman–Crippen MR) is 55.6 cm³/mol. The standard InChI is InChI=1S/C11H18N2/c1-8(2)11(12-4)10-7-9(3)5-6-13-10/h5-8,11-12H,1-4H3. The zero-order valence-electron chi connectivity index (χ0n) is 8.83. The Morgan fingerprint density at radius 3 is 2.54 bits per heavy atom. The molecule has 1 atom stereocenters. The van der Waals surface area contributed by atoms with E-state index in [1.54, 1.807) is 0 Å². The van der Waals surface area contributed by atoms with Gasteiger partial charge in [-0.05, 0) is 37.6 Å². The molecule has 0 amide bonds. The van der Waals surface area contributed by atoms with Crippen LogP contribution in [-0.2, 0) is 0 Å². The van der Waals surface area contributed by atoms with E-state index in [1.165, 1.54) is 5.56 Å². The maximum atomic E-state index is 4.37. The van der Waals surface area contributed by atoms with Gasteiger partial charge in [-0.15, -0.1) is 0 Å². The summed E-state index contributed by atoms with van der Waals surface area (Å²) in [5.41, 5.74) is 2.41. The molecule has 0 fully saturated rings. The summed E-state index contributed by atoms with van der Waals surface area (Å²) in [5.74, 6) is 0.569. The van der Waals surface area contributed by atoms with Crippen molar-refractivity contribution in [2.24, 2.45) is 5.92 Å². The van der Waals surface area contributed by atoms with Gasteiger partial charge in [-0.2, -0.15) is 0 Å². The minimum atomic E-state index is 0.361. The molecule has 2 heteroatoms. The van der Waals surface area contributed by atoms with Gasteiger partial charge in [-0.3, -0.25) is 4.98 Å². The third-order valence-electron chi connectivity index (χ3n) is 2.23. The Labute approximate surface area is 80.4 Å². The van der Waals surface area contributed by atoms with Crippen LogP contribution in [0.5, 0.6) is 0 Å². The van der Waals surface area contributed by atoms with E-state index in [-0.39, 0.29) is 0 Å². The summed E-state index contributed by atoms with van der Waals surface area (Å²) in [7, 11) is 1.98. The zero-order valence-corrected chi connectivity index (χ0v) is 8.83. The molecule has 0 aliphatic carbocycles. The van der Waals surface area contributed by atoms with E-state index in [1.807, 2.05) is 19.3 Å². The van der Waals surface area contributed by atoms with Crippen molar-refractivity contribution < 1.29 is 0 Å². The zero-order chi connectivity index (χ0) is 9.84. The van der Waals surface area contributed by atoms with E-state index in [2.05, 4.69) is 37.1 Å². The molecule has 0 aliphatic rings. The molecule has 1 aromatic rings. The van der Waals surface area contributed by atoms with Crippen molar-refractivity contribution in [3.63, 3.8) is 0 Å². The third kappa shape index (κ3) is 2.52. The minimum absolute atomic E-state index is 0.361. The van der Waals surface area contributed by atoms with Gasteiger partial charge in [0, 0.05) is 6.20 Å². The lowest BCUT2D eigenvalue weighted by molar-refractivity contribution is 0.433. The monoisotopic (exact) mass is 178 g/mol. The van der Waals surface area contributed by atoms with Crippen molar-refractivity contribution in [2.75, 3.05) is 7.05 Å². The highest BCUT2D eigenvalue weighted by Crippen LogP contribution is 2.19. The van der Waals surface area contributed by atoms with Crippen molar-refractivity contribution in [3.05, 3.63) is 29.6 Å². The summed E-state index contributed by atoms with van der Waals surface area (Å²) in [6, 6.07) is 4.53. The molecule has 72 valence electrons. The topological polar surface area (TPSA) is 24.9 Å². The van der Waals surface area contributed by atoms with Crippen LogP contribution in [0, 0.1) is 12.8 Å². The van der Waals surface area contributed by atoms with Gasteiger partial charge < -0.3 is 5.32 Å². The summed E-state index contributed by atoms with van der Waals surface area (Å²) < 4.78 is 0. The number of hydrogen-bond acceptors (Lipinski definition) is 2. The molecule has 1 aromatic heterocycles. The number of aromatic nitrogens is 1. The van der Waals surface area contributed by atoms with Crippen LogP contribution in [0.25, 0.3) is 0 Å². The molecule has 0 saturated heterocycles. The van der Waals surface area contributed by atoms with Gasteiger partial charge in [0.15, 0.2) is 0 Å². The normalized spacial score (nSPS) is 13.3. The maximum absolute atomic E-state index is 4.37. The average molecular weight is 178 g/mol. The fourth-order valence-corrected chi connectivity index (χ4v) is 1.55. The smallest absolute Gasteiger partial charge is 0.0578 e. The van der Waals surface area contributed by atoms with Crippen molar-refractivity contribution in [1.82, 2.24) is 10.3 Å². The SMILES string of the molecule is CNC(c1cc(C)ccn1)C(C)C. The molecular weight excluding hydrogens is 160 g/mol. The van der Waals surface area contributed by atoms with E-state index in [9.17, 15) is 0 Å². The van der Waals surface area contributed by atoms with Crippen LogP contribution in [-0.4, -0.2) is 12.0 Å². The molecule has 1 rings (SSSR count). The first-order valence-electron chi connectivity index (χ1n) is 4.75. The molecule has 0 aliphatic heterocycles. The summed E-state index contributed by atoms with van der Waals surface area (Å²) in [6.45, 7) is 6.49. The second kappa shape index (κ2) is 4.38. The Balaban J connectivity index is 2.91. The largest absolute Gasteiger partial charge is 0.311 e. The lowest BCUT2D eigenvalue weighted by Gasteiger charge is -2.19. The first-order valence-corrected chi connectivity index (χ1v) is 4.75.